The first kappa shape index (κ1) is 9.62. The molecule has 1 N–H and O–H groups in total. The molecule has 2 aromatic rings. The van der Waals surface area contributed by atoms with Gasteiger partial charge in [0.25, 0.3) is 0 Å². The van der Waals surface area contributed by atoms with Crippen LogP contribution < -0.4 is 5.32 Å². The molecule has 1 aromatic heterocycles. The van der Waals surface area contributed by atoms with E-state index < -0.39 is 0 Å². The van der Waals surface area contributed by atoms with Crippen LogP contribution in [0.25, 0.3) is 10.1 Å². The maximum absolute atomic E-state index is 13.3. The van der Waals surface area contributed by atoms with Gasteiger partial charge in [-0.15, -0.1) is 11.3 Å². The number of hydrogen-bond donors (Lipinski definition) is 1. The quantitative estimate of drug-likeness (QED) is 0.818. The fraction of sp³-hybridized carbons (Fsp3) is 0.273. The zero-order valence-electron chi connectivity index (χ0n) is 8.01. The molecule has 0 saturated heterocycles. The summed E-state index contributed by atoms with van der Waals surface area (Å²) in [6, 6.07) is 7.15. The Bertz CT molecular complexity index is 436. The van der Waals surface area contributed by atoms with Crippen molar-refractivity contribution < 1.29 is 4.39 Å². The minimum Gasteiger partial charge on any atom is -0.312 e. The predicted octanol–water partition coefficient (Wildman–Crippen LogP) is 3.15. The lowest BCUT2D eigenvalue weighted by atomic mass is 10.2. The molecule has 0 fully saturated rings. The molecule has 74 valence electrons. The zero-order chi connectivity index (χ0) is 9.97. The third-order valence-electron chi connectivity index (χ3n) is 2.11. The maximum atomic E-state index is 13.3. The van der Waals surface area contributed by atoms with Gasteiger partial charge >= 0.3 is 0 Å². The standard InChI is InChI=1S/C11H12FNS/c1-2-13-7-8-6-9-10(12)4-3-5-11(9)14-8/h3-6,13H,2,7H2,1H3. The molecule has 1 aromatic carbocycles. The van der Waals surface area contributed by atoms with Gasteiger partial charge in [0.15, 0.2) is 0 Å². The molecule has 2 rings (SSSR count). The van der Waals surface area contributed by atoms with Gasteiger partial charge in [0.1, 0.15) is 5.82 Å². The SMILES string of the molecule is CCNCc1cc2c(F)cccc2s1. The van der Waals surface area contributed by atoms with Crippen LogP contribution in [0.1, 0.15) is 11.8 Å². The van der Waals surface area contributed by atoms with Crippen molar-refractivity contribution in [3.63, 3.8) is 0 Å². The monoisotopic (exact) mass is 209 g/mol. The Kier molecular flexibility index (Phi) is 2.79. The van der Waals surface area contributed by atoms with E-state index in [2.05, 4.69) is 12.2 Å². The highest BCUT2D eigenvalue weighted by atomic mass is 32.1. The Morgan fingerprint density at radius 2 is 2.29 bits per heavy atom. The highest BCUT2D eigenvalue weighted by molar-refractivity contribution is 7.19. The summed E-state index contributed by atoms with van der Waals surface area (Å²) in [6.07, 6.45) is 0. The number of rotatable bonds is 3. The van der Waals surface area contributed by atoms with Gasteiger partial charge in [-0.1, -0.05) is 13.0 Å². The van der Waals surface area contributed by atoms with E-state index in [-0.39, 0.29) is 5.82 Å². The van der Waals surface area contributed by atoms with Crippen LogP contribution in [0.4, 0.5) is 4.39 Å². The molecule has 14 heavy (non-hydrogen) atoms. The molecule has 3 heteroatoms. The molecule has 0 amide bonds. The van der Waals surface area contributed by atoms with Crippen molar-refractivity contribution in [2.75, 3.05) is 6.54 Å². The van der Waals surface area contributed by atoms with E-state index in [9.17, 15) is 4.39 Å². The third kappa shape index (κ3) is 1.79. The molecule has 0 bridgehead atoms. The van der Waals surface area contributed by atoms with Crippen LogP contribution in [-0.2, 0) is 6.54 Å². The zero-order valence-corrected chi connectivity index (χ0v) is 8.83. The largest absolute Gasteiger partial charge is 0.312 e. The molecule has 1 nitrogen and oxygen atoms in total. The average molecular weight is 209 g/mol. The van der Waals surface area contributed by atoms with E-state index in [4.69, 9.17) is 0 Å². The Morgan fingerprint density at radius 1 is 1.43 bits per heavy atom. The van der Waals surface area contributed by atoms with Gasteiger partial charge in [-0.2, -0.15) is 0 Å². The number of nitrogens with one attached hydrogen (secondary N) is 1. The third-order valence-corrected chi connectivity index (χ3v) is 3.21. The first-order valence-corrected chi connectivity index (χ1v) is 5.50. The number of halogens is 1. The first-order valence-electron chi connectivity index (χ1n) is 4.69. The van der Waals surface area contributed by atoms with Crippen molar-refractivity contribution in [2.45, 2.75) is 13.5 Å². The highest BCUT2D eigenvalue weighted by Crippen LogP contribution is 2.27. The van der Waals surface area contributed by atoms with Crippen LogP contribution in [0.3, 0.4) is 0 Å². The van der Waals surface area contributed by atoms with Gasteiger partial charge in [-0.3, -0.25) is 0 Å². The van der Waals surface area contributed by atoms with Gasteiger partial charge in [-0.25, -0.2) is 4.39 Å². The molecule has 0 atom stereocenters. The van der Waals surface area contributed by atoms with Crippen molar-refractivity contribution in [1.82, 2.24) is 5.32 Å². The van der Waals surface area contributed by atoms with Crippen molar-refractivity contribution in [3.8, 4) is 0 Å². The van der Waals surface area contributed by atoms with Crippen LogP contribution in [0.15, 0.2) is 24.3 Å². The van der Waals surface area contributed by atoms with Crippen molar-refractivity contribution >= 4 is 21.4 Å². The Hall–Kier alpha value is -0.930. The maximum Gasteiger partial charge on any atom is 0.131 e. The second-order valence-corrected chi connectivity index (χ2v) is 4.31. The Labute approximate surface area is 86.6 Å². The topological polar surface area (TPSA) is 12.0 Å². The summed E-state index contributed by atoms with van der Waals surface area (Å²) in [5.41, 5.74) is 0. The van der Waals surface area contributed by atoms with Gasteiger partial charge in [0, 0.05) is 21.5 Å². The van der Waals surface area contributed by atoms with Gasteiger partial charge < -0.3 is 5.32 Å². The Morgan fingerprint density at radius 3 is 3.00 bits per heavy atom. The average Bonchev–Trinajstić information content (AvgIpc) is 2.59. The van der Waals surface area contributed by atoms with Crippen molar-refractivity contribution in [1.29, 1.82) is 0 Å². The summed E-state index contributed by atoms with van der Waals surface area (Å²) >= 11 is 1.65. The van der Waals surface area contributed by atoms with Gasteiger partial charge in [0.2, 0.25) is 0 Å². The van der Waals surface area contributed by atoms with Gasteiger partial charge in [-0.05, 0) is 24.7 Å². The van der Waals surface area contributed by atoms with Gasteiger partial charge in [0.05, 0.1) is 0 Å². The van der Waals surface area contributed by atoms with E-state index in [1.807, 2.05) is 12.1 Å². The lowest BCUT2D eigenvalue weighted by molar-refractivity contribution is 0.640. The molecular formula is C11H12FNS. The summed E-state index contributed by atoms with van der Waals surface area (Å²) in [6.45, 7) is 3.83. The normalized spacial score (nSPS) is 11.0. The summed E-state index contributed by atoms with van der Waals surface area (Å²) in [5.74, 6) is -0.124. The molecule has 0 spiro atoms. The van der Waals surface area contributed by atoms with Crippen molar-refractivity contribution in [2.24, 2.45) is 0 Å². The van der Waals surface area contributed by atoms with Crippen LogP contribution >= 0.6 is 11.3 Å². The van der Waals surface area contributed by atoms with E-state index in [0.717, 1.165) is 23.2 Å². The predicted molar refractivity (Wildman–Crippen MR) is 59.2 cm³/mol. The summed E-state index contributed by atoms with van der Waals surface area (Å²) in [4.78, 5) is 1.19. The first-order chi connectivity index (χ1) is 6.81. The van der Waals surface area contributed by atoms with E-state index in [1.165, 1.54) is 10.9 Å². The lowest BCUT2D eigenvalue weighted by Gasteiger charge is -1.95. The fourth-order valence-corrected chi connectivity index (χ4v) is 2.46. The number of fused-ring (bicyclic) bond motifs is 1. The molecule has 1 heterocycles. The minimum atomic E-state index is -0.124. The second kappa shape index (κ2) is 4.07. The van der Waals surface area contributed by atoms with Crippen molar-refractivity contribution in [3.05, 3.63) is 35.0 Å². The molecular weight excluding hydrogens is 197 g/mol. The Balaban J connectivity index is 2.36. The summed E-state index contributed by atoms with van der Waals surface area (Å²) < 4.78 is 14.3. The molecule has 0 aliphatic carbocycles. The molecule has 0 aliphatic heterocycles. The summed E-state index contributed by atoms with van der Waals surface area (Å²) in [7, 11) is 0. The van der Waals surface area contributed by atoms with E-state index >= 15 is 0 Å². The number of thiophene rings is 1. The summed E-state index contributed by atoms with van der Waals surface area (Å²) in [5, 5.41) is 3.97. The molecule has 0 unspecified atom stereocenters. The van der Waals surface area contributed by atoms with Crippen LogP contribution in [-0.4, -0.2) is 6.54 Å². The van der Waals surface area contributed by atoms with E-state index in [1.54, 1.807) is 17.4 Å². The lowest BCUT2D eigenvalue weighted by Crippen LogP contribution is -2.10. The van der Waals surface area contributed by atoms with Crippen LogP contribution in [0, 0.1) is 5.82 Å². The molecule has 0 saturated carbocycles. The molecule has 0 radical (unpaired) electrons. The minimum absolute atomic E-state index is 0.124. The van der Waals surface area contributed by atoms with E-state index in [0.29, 0.717) is 0 Å². The fourth-order valence-electron chi connectivity index (χ4n) is 1.41. The smallest absolute Gasteiger partial charge is 0.131 e. The molecule has 0 aliphatic rings. The van der Waals surface area contributed by atoms with Crippen LogP contribution in [0.2, 0.25) is 0 Å². The number of benzene rings is 1. The van der Waals surface area contributed by atoms with Crippen LogP contribution in [0.5, 0.6) is 0 Å². The highest BCUT2D eigenvalue weighted by Gasteiger charge is 2.04. The second-order valence-electron chi connectivity index (χ2n) is 3.14. The number of hydrogen-bond acceptors (Lipinski definition) is 2.